The number of aromatic nitrogens is 4. The van der Waals surface area contributed by atoms with Crippen molar-refractivity contribution in [1.82, 2.24) is 24.6 Å². The molecule has 1 saturated carbocycles. The molecule has 118 valence electrons. The van der Waals surface area contributed by atoms with E-state index in [4.69, 9.17) is 4.74 Å². The van der Waals surface area contributed by atoms with E-state index in [0.29, 0.717) is 0 Å². The Morgan fingerprint density at radius 2 is 2.32 bits per heavy atom. The minimum Gasteiger partial charge on any atom is -0.368 e. The summed E-state index contributed by atoms with van der Waals surface area (Å²) in [5.74, 6) is 1.69. The fourth-order valence-corrected chi connectivity index (χ4v) is 4.02. The summed E-state index contributed by atoms with van der Waals surface area (Å²) < 4.78 is 7.97. The number of aryl methyl sites for hydroxylation is 1. The average molecular weight is 319 g/mol. The molecular formula is C15H21N5OS. The van der Waals surface area contributed by atoms with Crippen molar-refractivity contribution < 1.29 is 4.74 Å². The summed E-state index contributed by atoms with van der Waals surface area (Å²) in [6.07, 6.45) is 6.49. The minimum atomic E-state index is 0.0204. The van der Waals surface area contributed by atoms with Gasteiger partial charge >= 0.3 is 0 Å². The molecule has 0 N–H and O–H groups in total. The van der Waals surface area contributed by atoms with Gasteiger partial charge in [-0.25, -0.2) is 4.98 Å². The van der Waals surface area contributed by atoms with Gasteiger partial charge in [0.25, 0.3) is 0 Å². The van der Waals surface area contributed by atoms with Crippen LogP contribution in [0.1, 0.15) is 47.5 Å². The van der Waals surface area contributed by atoms with Gasteiger partial charge in [-0.2, -0.15) is 0 Å². The topological polar surface area (TPSA) is 56.1 Å². The highest BCUT2D eigenvalue weighted by atomic mass is 32.1. The fraction of sp³-hybridized carbons (Fsp3) is 0.667. The summed E-state index contributed by atoms with van der Waals surface area (Å²) in [4.78, 5) is 8.37. The number of hydrogen-bond donors (Lipinski definition) is 0. The highest BCUT2D eigenvalue weighted by Crippen LogP contribution is 2.42. The van der Waals surface area contributed by atoms with E-state index in [9.17, 15) is 0 Å². The molecule has 0 spiro atoms. The number of hydrogen-bond acceptors (Lipinski definition) is 6. The van der Waals surface area contributed by atoms with Crippen molar-refractivity contribution in [3.63, 3.8) is 0 Å². The van der Waals surface area contributed by atoms with Gasteiger partial charge in [0.15, 0.2) is 5.82 Å². The molecule has 1 saturated heterocycles. The second kappa shape index (κ2) is 6.06. The highest BCUT2D eigenvalue weighted by molar-refractivity contribution is 7.11. The van der Waals surface area contributed by atoms with Crippen molar-refractivity contribution in [2.75, 3.05) is 19.7 Å². The zero-order chi connectivity index (χ0) is 14.9. The molecule has 1 atom stereocenters. The van der Waals surface area contributed by atoms with Crippen molar-refractivity contribution >= 4 is 11.3 Å². The van der Waals surface area contributed by atoms with Gasteiger partial charge in [0.05, 0.1) is 11.6 Å². The Bertz CT molecular complexity index is 635. The third-order valence-electron chi connectivity index (χ3n) is 4.30. The first-order valence-corrected chi connectivity index (χ1v) is 8.81. The van der Waals surface area contributed by atoms with Crippen LogP contribution < -0.4 is 0 Å². The molecule has 0 aromatic carbocycles. The van der Waals surface area contributed by atoms with Crippen LogP contribution in [0.25, 0.3) is 0 Å². The lowest BCUT2D eigenvalue weighted by atomic mass is 10.2. The van der Waals surface area contributed by atoms with Gasteiger partial charge < -0.3 is 9.30 Å². The molecule has 3 heterocycles. The smallest absolute Gasteiger partial charge is 0.163 e. The van der Waals surface area contributed by atoms with Crippen LogP contribution in [-0.2, 0) is 17.8 Å². The Balaban J connectivity index is 1.41. The Hall–Kier alpha value is -1.31. The largest absolute Gasteiger partial charge is 0.368 e. The summed E-state index contributed by atoms with van der Waals surface area (Å²) in [5.41, 5.74) is 0. The second-order valence-corrected chi connectivity index (χ2v) is 7.16. The molecule has 0 bridgehead atoms. The van der Waals surface area contributed by atoms with Crippen LogP contribution >= 0.6 is 11.3 Å². The van der Waals surface area contributed by atoms with E-state index < -0.39 is 0 Å². The maximum atomic E-state index is 5.91. The Morgan fingerprint density at radius 1 is 1.41 bits per heavy atom. The molecule has 1 unspecified atom stereocenters. The lowest BCUT2D eigenvalue weighted by Crippen LogP contribution is -2.38. The van der Waals surface area contributed by atoms with E-state index in [1.165, 1.54) is 22.7 Å². The Morgan fingerprint density at radius 3 is 3.14 bits per heavy atom. The summed E-state index contributed by atoms with van der Waals surface area (Å²) in [6.45, 7) is 6.52. The van der Waals surface area contributed by atoms with Crippen molar-refractivity contribution in [2.24, 2.45) is 0 Å². The number of nitrogens with zero attached hydrogens (tertiary/aromatic N) is 5. The van der Waals surface area contributed by atoms with Gasteiger partial charge in [-0.3, -0.25) is 4.90 Å². The molecule has 2 aromatic rings. The maximum absolute atomic E-state index is 5.91. The first-order chi connectivity index (χ1) is 10.8. The maximum Gasteiger partial charge on any atom is 0.163 e. The van der Waals surface area contributed by atoms with Gasteiger partial charge in [0, 0.05) is 43.2 Å². The van der Waals surface area contributed by atoms with Crippen LogP contribution in [-0.4, -0.2) is 44.3 Å². The third-order valence-corrected chi connectivity index (χ3v) is 5.45. The van der Waals surface area contributed by atoms with E-state index in [0.717, 1.165) is 44.5 Å². The molecular weight excluding hydrogens is 298 g/mol. The molecule has 6 nitrogen and oxygen atoms in total. The number of morpholine rings is 1. The number of thiazole rings is 1. The van der Waals surface area contributed by atoms with Crippen LogP contribution in [0.4, 0.5) is 0 Å². The monoisotopic (exact) mass is 319 g/mol. The summed E-state index contributed by atoms with van der Waals surface area (Å²) in [5, 5.41) is 9.58. The second-order valence-electron chi connectivity index (χ2n) is 6.01. The summed E-state index contributed by atoms with van der Waals surface area (Å²) in [7, 11) is 0. The molecule has 4 rings (SSSR count). The molecule has 1 aliphatic heterocycles. The first kappa shape index (κ1) is 14.3. The van der Waals surface area contributed by atoms with E-state index >= 15 is 0 Å². The minimum absolute atomic E-state index is 0.0204. The first-order valence-electron chi connectivity index (χ1n) is 7.99. The molecule has 0 amide bonds. The SMILES string of the molecule is CCn1cnnc1C1CN(Cc2cnc(C3CC3)s2)CCO1. The predicted octanol–water partition coefficient (Wildman–Crippen LogP) is 2.21. The van der Waals surface area contributed by atoms with Crippen LogP contribution in [0.15, 0.2) is 12.5 Å². The quantitative estimate of drug-likeness (QED) is 0.846. The Kier molecular flexibility index (Phi) is 3.94. The summed E-state index contributed by atoms with van der Waals surface area (Å²) in [6, 6.07) is 0. The van der Waals surface area contributed by atoms with Gasteiger partial charge in [0.2, 0.25) is 0 Å². The average Bonchev–Trinajstić information content (AvgIpc) is 3.10. The van der Waals surface area contributed by atoms with Gasteiger partial charge in [-0.15, -0.1) is 21.5 Å². The fourth-order valence-electron chi connectivity index (χ4n) is 2.89. The molecule has 0 radical (unpaired) electrons. The van der Waals surface area contributed by atoms with Crippen molar-refractivity contribution in [3.8, 4) is 0 Å². The lowest BCUT2D eigenvalue weighted by Gasteiger charge is -2.32. The van der Waals surface area contributed by atoms with E-state index in [1.54, 1.807) is 6.33 Å². The zero-order valence-electron chi connectivity index (χ0n) is 12.8. The van der Waals surface area contributed by atoms with Crippen LogP contribution in [0.3, 0.4) is 0 Å². The molecule has 1 aliphatic carbocycles. The van der Waals surface area contributed by atoms with Crippen LogP contribution in [0.5, 0.6) is 0 Å². The normalized spacial score (nSPS) is 23.0. The van der Waals surface area contributed by atoms with Gasteiger partial charge in [0.1, 0.15) is 12.4 Å². The Labute approximate surface area is 134 Å². The van der Waals surface area contributed by atoms with Crippen LogP contribution in [0.2, 0.25) is 0 Å². The standard InChI is InChI=1S/C15H21N5OS/c1-2-20-10-17-18-14(20)13-9-19(5-6-21-13)8-12-7-16-15(22-12)11-3-4-11/h7,10-11,13H,2-6,8-9H2,1H3. The molecule has 2 fully saturated rings. The summed E-state index contributed by atoms with van der Waals surface area (Å²) >= 11 is 1.88. The predicted molar refractivity (Wildman–Crippen MR) is 83.8 cm³/mol. The molecule has 22 heavy (non-hydrogen) atoms. The number of rotatable bonds is 5. The van der Waals surface area contributed by atoms with Gasteiger partial charge in [-0.1, -0.05) is 0 Å². The molecule has 7 heteroatoms. The van der Waals surface area contributed by atoms with E-state index in [1.807, 2.05) is 11.3 Å². The van der Waals surface area contributed by atoms with Crippen molar-refractivity contribution in [2.45, 2.75) is 44.9 Å². The van der Waals surface area contributed by atoms with E-state index in [-0.39, 0.29) is 6.10 Å². The van der Waals surface area contributed by atoms with Crippen molar-refractivity contribution in [3.05, 3.63) is 28.2 Å². The number of ether oxygens (including phenoxy) is 1. The molecule has 2 aliphatic rings. The van der Waals surface area contributed by atoms with Gasteiger partial charge in [-0.05, 0) is 19.8 Å². The molecule has 2 aromatic heterocycles. The van der Waals surface area contributed by atoms with Crippen molar-refractivity contribution in [1.29, 1.82) is 0 Å². The van der Waals surface area contributed by atoms with E-state index in [2.05, 4.69) is 37.8 Å². The van der Waals surface area contributed by atoms with Crippen LogP contribution in [0, 0.1) is 0 Å². The highest BCUT2D eigenvalue weighted by Gasteiger charge is 2.28. The lowest BCUT2D eigenvalue weighted by molar-refractivity contribution is -0.0386. The third kappa shape index (κ3) is 2.93. The zero-order valence-corrected chi connectivity index (χ0v) is 13.6.